The van der Waals surface area contributed by atoms with Gasteiger partial charge in [-0.25, -0.2) is 0 Å². The number of halogens is 1. The fourth-order valence-electron chi connectivity index (χ4n) is 2.04. The number of nitrogens with zero attached hydrogens (tertiary/aromatic N) is 1. The van der Waals surface area contributed by atoms with Gasteiger partial charge in [0.25, 0.3) is 0 Å². The van der Waals surface area contributed by atoms with Crippen molar-refractivity contribution in [3.05, 3.63) is 0 Å². The minimum absolute atomic E-state index is 0.540. The van der Waals surface area contributed by atoms with E-state index in [1.807, 2.05) is 0 Å². The van der Waals surface area contributed by atoms with E-state index < -0.39 is 0 Å². The van der Waals surface area contributed by atoms with Crippen molar-refractivity contribution < 1.29 is 9.47 Å². The van der Waals surface area contributed by atoms with Gasteiger partial charge in [-0.05, 0) is 18.9 Å². The van der Waals surface area contributed by atoms with Crippen molar-refractivity contribution in [3.8, 4) is 0 Å². The summed E-state index contributed by atoms with van der Waals surface area (Å²) in [7, 11) is 1.69. The zero-order valence-corrected chi connectivity index (χ0v) is 10.5. The fraction of sp³-hybridized carbons (Fsp3) is 1.00. The van der Waals surface area contributed by atoms with Crippen molar-refractivity contribution in [3.63, 3.8) is 0 Å². The third kappa shape index (κ3) is 4.27. The molecular weight excluding hydrogens is 214 g/mol. The van der Waals surface area contributed by atoms with E-state index in [0.29, 0.717) is 19.3 Å². The first-order valence-electron chi connectivity index (χ1n) is 5.66. The van der Waals surface area contributed by atoms with Gasteiger partial charge in [0, 0.05) is 25.6 Å². The molecule has 0 radical (unpaired) electrons. The molecule has 4 heteroatoms. The van der Waals surface area contributed by atoms with Crippen LogP contribution < -0.4 is 0 Å². The van der Waals surface area contributed by atoms with Crippen LogP contribution >= 0.6 is 11.6 Å². The second-order valence-corrected chi connectivity index (χ2v) is 4.44. The lowest BCUT2D eigenvalue weighted by molar-refractivity contribution is 0.0553. The molecule has 1 fully saturated rings. The standard InChI is InChI=1S/C11H22ClNO2/c1-10-3-4-13(11(10)9-12)5-6-15-8-7-14-2/h10-11H,3-9H2,1-2H3. The summed E-state index contributed by atoms with van der Waals surface area (Å²) in [5.41, 5.74) is 0. The number of hydrogen-bond acceptors (Lipinski definition) is 3. The molecule has 1 rings (SSSR count). The number of likely N-dealkylation sites (tertiary alicyclic amines) is 1. The molecule has 1 aliphatic heterocycles. The molecule has 2 atom stereocenters. The highest BCUT2D eigenvalue weighted by Gasteiger charge is 2.29. The van der Waals surface area contributed by atoms with Crippen LogP contribution in [0.1, 0.15) is 13.3 Å². The van der Waals surface area contributed by atoms with Gasteiger partial charge in [0.15, 0.2) is 0 Å². The molecule has 0 amide bonds. The highest BCUT2D eigenvalue weighted by atomic mass is 35.5. The van der Waals surface area contributed by atoms with E-state index in [9.17, 15) is 0 Å². The molecule has 0 saturated carbocycles. The maximum absolute atomic E-state index is 5.96. The first-order valence-corrected chi connectivity index (χ1v) is 6.19. The molecule has 0 aliphatic carbocycles. The molecule has 0 aromatic carbocycles. The van der Waals surface area contributed by atoms with Crippen LogP contribution in [0.5, 0.6) is 0 Å². The summed E-state index contributed by atoms with van der Waals surface area (Å²) in [5, 5.41) is 0. The Morgan fingerprint density at radius 3 is 2.80 bits per heavy atom. The molecule has 0 spiro atoms. The SMILES string of the molecule is COCCOCCN1CCC(C)C1CCl. The average Bonchev–Trinajstić information content (AvgIpc) is 2.59. The van der Waals surface area contributed by atoms with Crippen molar-refractivity contribution >= 4 is 11.6 Å². The summed E-state index contributed by atoms with van der Waals surface area (Å²) in [6.07, 6.45) is 1.26. The fourth-order valence-corrected chi connectivity index (χ4v) is 2.54. The average molecular weight is 236 g/mol. The normalized spacial score (nSPS) is 27.4. The Hall–Kier alpha value is 0.170. The molecule has 0 N–H and O–H groups in total. The van der Waals surface area contributed by atoms with Crippen LogP contribution in [-0.2, 0) is 9.47 Å². The van der Waals surface area contributed by atoms with Crippen LogP contribution in [0.3, 0.4) is 0 Å². The summed E-state index contributed by atoms with van der Waals surface area (Å²) >= 11 is 5.96. The van der Waals surface area contributed by atoms with E-state index >= 15 is 0 Å². The maximum Gasteiger partial charge on any atom is 0.0700 e. The van der Waals surface area contributed by atoms with Gasteiger partial charge < -0.3 is 9.47 Å². The van der Waals surface area contributed by atoms with Gasteiger partial charge in [0.2, 0.25) is 0 Å². The van der Waals surface area contributed by atoms with E-state index in [-0.39, 0.29) is 0 Å². The lowest BCUT2D eigenvalue weighted by Crippen LogP contribution is -2.36. The number of hydrogen-bond donors (Lipinski definition) is 0. The smallest absolute Gasteiger partial charge is 0.0700 e. The highest BCUT2D eigenvalue weighted by molar-refractivity contribution is 6.18. The van der Waals surface area contributed by atoms with Gasteiger partial charge in [-0.2, -0.15) is 0 Å². The highest BCUT2D eigenvalue weighted by Crippen LogP contribution is 2.24. The summed E-state index contributed by atoms with van der Waals surface area (Å²) in [6, 6.07) is 0.540. The molecule has 90 valence electrons. The van der Waals surface area contributed by atoms with Crippen LogP contribution in [0.15, 0.2) is 0 Å². The Morgan fingerprint density at radius 2 is 2.13 bits per heavy atom. The molecule has 1 saturated heterocycles. The van der Waals surface area contributed by atoms with Gasteiger partial charge in [0.1, 0.15) is 0 Å². The number of rotatable bonds is 7. The molecule has 0 bridgehead atoms. The monoisotopic (exact) mass is 235 g/mol. The molecule has 0 aromatic rings. The second-order valence-electron chi connectivity index (χ2n) is 4.13. The number of methoxy groups -OCH3 is 1. The molecule has 0 aromatic heterocycles. The van der Waals surface area contributed by atoms with Crippen molar-refractivity contribution in [2.24, 2.45) is 5.92 Å². The van der Waals surface area contributed by atoms with E-state index in [2.05, 4.69) is 11.8 Å². The quantitative estimate of drug-likeness (QED) is 0.494. The Labute approximate surface area is 97.7 Å². The largest absolute Gasteiger partial charge is 0.382 e. The van der Waals surface area contributed by atoms with Crippen molar-refractivity contribution in [1.82, 2.24) is 4.90 Å². The Bertz CT molecular complexity index is 169. The third-order valence-electron chi connectivity index (χ3n) is 3.11. The molecular formula is C11H22ClNO2. The van der Waals surface area contributed by atoms with E-state index in [4.69, 9.17) is 21.1 Å². The third-order valence-corrected chi connectivity index (χ3v) is 3.43. The minimum atomic E-state index is 0.540. The van der Waals surface area contributed by atoms with Gasteiger partial charge in [-0.15, -0.1) is 11.6 Å². The van der Waals surface area contributed by atoms with Crippen LogP contribution in [0, 0.1) is 5.92 Å². The van der Waals surface area contributed by atoms with Gasteiger partial charge >= 0.3 is 0 Å². The molecule has 2 unspecified atom stereocenters. The van der Waals surface area contributed by atoms with Crippen LogP contribution in [0.4, 0.5) is 0 Å². The van der Waals surface area contributed by atoms with Crippen LogP contribution in [0.2, 0.25) is 0 Å². The topological polar surface area (TPSA) is 21.7 Å². The Kier molecular flexibility index (Phi) is 6.57. The van der Waals surface area contributed by atoms with Crippen molar-refractivity contribution in [1.29, 1.82) is 0 Å². The summed E-state index contributed by atoms with van der Waals surface area (Å²) in [4.78, 5) is 2.43. The van der Waals surface area contributed by atoms with Crippen LogP contribution in [0.25, 0.3) is 0 Å². The first kappa shape index (κ1) is 13.2. The maximum atomic E-state index is 5.96. The Balaban J connectivity index is 2.10. The van der Waals surface area contributed by atoms with Crippen LogP contribution in [-0.4, -0.2) is 56.8 Å². The second kappa shape index (κ2) is 7.44. The first-order chi connectivity index (χ1) is 7.29. The molecule has 1 aliphatic rings. The minimum Gasteiger partial charge on any atom is -0.382 e. The predicted molar refractivity (Wildman–Crippen MR) is 62.6 cm³/mol. The number of ether oxygens (including phenoxy) is 2. The predicted octanol–water partition coefficient (Wildman–Crippen LogP) is 1.60. The summed E-state index contributed by atoms with van der Waals surface area (Å²) in [6.45, 7) is 6.57. The van der Waals surface area contributed by atoms with Gasteiger partial charge in [-0.3, -0.25) is 4.90 Å². The van der Waals surface area contributed by atoms with E-state index in [1.165, 1.54) is 6.42 Å². The van der Waals surface area contributed by atoms with Gasteiger partial charge in [-0.1, -0.05) is 6.92 Å². The number of alkyl halides is 1. The summed E-state index contributed by atoms with van der Waals surface area (Å²) in [5.74, 6) is 1.46. The lowest BCUT2D eigenvalue weighted by Gasteiger charge is -2.24. The Morgan fingerprint density at radius 1 is 1.33 bits per heavy atom. The zero-order chi connectivity index (χ0) is 11.1. The van der Waals surface area contributed by atoms with Gasteiger partial charge in [0.05, 0.1) is 19.8 Å². The van der Waals surface area contributed by atoms with E-state index in [1.54, 1.807) is 7.11 Å². The summed E-state index contributed by atoms with van der Waals surface area (Å²) < 4.78 is 10.4. The molecule has 3 nitrogen and oxygen atoms in total. The van der Waals surface area contributed by atoms with Crippen molar-refractivity contribution in [2.45, 2.75) is 19.4 Å². The zero-order valence-electron chi connectivity index (χ0n) is 9.75. The molecule has 1 heterocycles. The van der Waals surface area contributed by atoms with Crippen molar-refractivity contribution in [2.75, 3.05) is 45.9 Å². The molecule has 15 heavy (non-hydrogen) atoms. The lowest BCUT2D eigenvalue weighted by atomic mass is 10.1. The van der Waals surface area contributed by atoms with E-state index in [0.717, 1.165) is 31.5 Å².